The molecule has 0 fully saturated rings. The van der Waals surface area contributed by atoms with Crippen molar-refractivity contribution in [2.24, 2.45) is 0 Å². The van der Waals surface area contributed by atoms with Gasteiger partial charge < -0.3 is 0 Å². The molecule has 0 saturated carbocycles. The summed E-state index contributed by atoms with van der Waals surface area (Å²) < 4.78 is 14.0. The minimum Gasteiger partial charge on any atom is -0.262 e. The van der Waals surface area contributed by atoms with Crippen LogP contribution in [0.5, 0.6) is 0 Å². The summed E-state index contributed by atoms with van der Waals surface area (Å²) in [5.41, 5.74) is 0. The van der Waals surface area contributed by atoms with Crippen LogP contribution in [0.1, 0.15) is 25.6 Å². The van der Waals surface area contributed by atoms with Crippen LogP contribution < -0.4 is 0 Å². The summed E-state index contributed by atoms with van der Waals surface area (Å²) in [7, 11) is 0. The predicted molar refractivity (Wildman–Crippen MR) is 71.2 cm³/mol. The van der Waals surface area contributed by atoms with Gasteiger partial charge in [-0.05, 0) is 23.6 Å². The third-order valence-corrected chi connectivity index (χ3v) is 3.85. The van der Waals surface area contributed by atoms with Crippen molar-refractivity contribution in [3.05, 3.63) is 35.9 Å². The van der Waals surface area contributed by atoms with Gasteiger partial charge in [0.2, 0.25) is 0 Å². The van der Waals surface area contributed by atoms with Gasteiger partial charge in [0.05, 0.1) is 4.88 Å². The molecule has 1 aromatic carbocycles. The number of hydrogen-bond acceptors (Lipinski definition) is 3. The molecule has 0 radical (unpaired) electrons. The molecule has 3 aromatic rings. The Kier molecular flexibility index (Phi) is 2.63. The van der Waals surface area contributed by atoms with Gasteiger partial charge in [0.25, 0.3) is 0 Å². The number of aromatic nitrogens is 3. The first-order valence-electron chi connectivity index (χ1n) is 5.75. The van der Waals surface area contributed by atoms with Crippen molar-refractivity contribution in [3.8, 4) is 10.7 Å². The van der Waals surface area contributed by atoms with Gasteiger partial charge in [-0.15, -0.1) is 11.3 Å². The van der Waals surface area contributed by atoms with Crippen LogP contribution in [-0.4, -0.2) is 15.2 Å². The molecule has 0 amide bonds. The molecule has 2 aromatic heterocycles. The van der Waals surface area contributed by atoms with Crippen LogP contribution in [0, 0.1) is 5.82 Å². The fraction of sp³-hybridized carbons (Fsp3) is 0.231. The monoisotopic (exact) mass is 261 g/mol. The lowest BCUT2D eigenvalue weighted by Gasteiger charge is -1.94. The number of nitrogens with zero attached hydrogens (tertiary/aromatic N) is 2. The van der Waals surface area contributed by atoms with Crippen molar-refractivity contribution < 1.29 is 4.39 Å². The van der Waals surface area contributed by atoms with Crippen molar-refractivity contribution in [2.75, 3.05) is 0 Å². The number of hydrogen-bond donors (Lipinski definition) is 1. The van der Waals surface area contributed by atoms with E-state index in [-0.39, 0.29) is 5.82 Å². The molecule has 18 heavy (non-hydrogen) atoms. The molecule has 3 rings (SSSR count). The fourth-order valence-corrected chi connectivity index (χ4v) is 2.78. The van der Waals surface area contributed by atoms with Crippen LogP contribution >= 0.6 is 11.3 Å². The smallest absolute Gasteiger partial charge is 0.191 e. The highest BCUT2D eigenvalue weighted by Gasteiger charge is 2.11. The maximum atomic E-state index is 13.1. The summed E-state index contributed by atoms with van der Waals surface area (Å²) in [6.07, 6.45) is 0. The number of fused-ring (bicyclic) bond motifs is 1. The average molecular weight is 261 g/mol. The largest absolute Gasteiger partial charge is 0.262 e. The Morgan fingerprint density at radius 2 is 2.11 bits per heavy atom. The minimum absolute atomic E-state index is 0.214. The molecule has 0 saturated heterocycles. The van der Waals surface area contributed by atoms with Crippen LogP contribution in [0.4, 0.5) is 4.39 Å². The highest BCUT2D eigenvalue weighted by Crippen LogP contribution is 2.32. The highest BCUT2D eigenvalue weighted by molar-refractivity contribution is 7.22. The number of aromatic amines is 1. The minimum atomic E-state index is -0.214. The zero-order valence-electron chi connectivity index (χ0n) is 10.1. The van der Waals surface area contributed by atoms with E-state index in [1.54, 1.807) is 12.1 Å². The fourth-order valence-electron chi connectivity index (χ4n) is 1.76. The molecule has 2 heterocycles. The van der Waals surface area contributed by atoms with Gasteiger partial charge in [0, 0.05) is 10.6 Å². The Bertz CT molecular complexity index is 699. The molecular weight excluding hydrogens is 249 g/mol. The van der Waals surface area contributed by atoms with Crippen molar-refractivity contribution >= 4 is 21.4 Å². The maximum Gasteiger partial charge on any atom is 0.191 e. The van der Waals surface area contributed by atoms with Crippen LogP contribution in [-0.2, 0) is 0 Å². The number of thiophene rings is 1. The van der Waals surface area contributed by atoms with Gasteiger partial charge in [-0.1, -0.05) is 19.9 Å². The van der Waals surface area contributed by atoms with Crippen LogP contribution in [0.2, 0.25) is 0 Å². The zero-order chi connectivity index (χ0) is 12.7. The molecule has 92 valence electrons. The van der Waals surface area contributed by atoms with E-state index in [1.807, 2.05) is 6.07 Å². The van der Waals surface area contributed by atoms with Crippen LogP contribution in [0.25, 0.3) is 20.8 Å². The lowest BCUT2D eigenvalue weighted by Crippen LogP contribution is -1.89. The van der Waals surface area contributed by atoms with Gasteiger partial charge in [-0.2, -0.15) is 5.10 Å². The first kappa shape index (κ1) is 11.3. The van der Waals surface area contributed by atoms with Crippen molar-refractivity contribution in [3.63, 3.8) is 0 Å². The van der Waals surface area contributed by atoms with E-state index in [2.05, 4.69) is 29.0 Å². The lowest BCUT2D eigenvalue weighted by molar-refractivity contribution is 0.630. The van der Waals surface area contributed by atoms with E-state index in [4.69, 9.17) is 0 Å². The van der Waals surface area contributed by atoms with E-state index < -0.39 is 0 Å². The number of halogens is 1. The topological polar surface area (TPSA) is 41.6 Å². The Hall–Kier alpha value is -1.75. The normalized spacial score (nSPS) is 11.6. The van der Waals surface area contributed by atoms with Gasteiger partial charge in [0.1, 0.15) is 11.6 Å². The molecule has 1 N–H and O–H groups in total. The first-order chi connectivity index (χ1) is 8.63. The number of benzene rings is 1. The number of rotatable bonds is 2. The second-order valence-electron chi connectivity index (χ2n) is 4.49. The van der Waals surface area contributed by atoms with Gasteiger partial charge >= 0.3 is 0 Å². The summed E-state index contributed by atoms with van der Waals surface area (Å²) in [4.78, 5) is 5.40. The standard InChI is InChI=1S/C13H12FN3S/c1-7(2)12-15-13(17-16-12)11-5-8-3-4-9(14)6-10(8)18-11/h3-7H,1-2H3,(H,15,16,17). The van der Waals surface area contributed by atoms with E-state index in [1.165, 1.54) is 17.4 Å². The molecule has 0 unspecified atom stereocenters. The SMILES string of the molecule is CC(C)c1nc(-c2cc3ccc(F)cc3s2)n[nH]1. The summed E-state index contributed by atoms with van der Waals surface area (Å²) in [5, 5.41) is 8.16. The van der Waals surface area contributed by atoms with E-state index in [0.29, 0.717) is 11.7 Å². The quantitative estimate of drug-likeness (QED) is 0.759. The maximum absolute atomic E-state index is 13.1. The highest BCUT2D eigenvalue weighted by atomic mass is 32.1. The lowest BCUT2D eigenvalue weighted by atomic mass is 10.2. The Morgan fingerprint density at radius 1 is 1.28 bits per heavy atom. The molecule has 5 heteroatoms. The third-order valence-electron chi connectivity index (χ3n) is 2.75. The van der Waals surface area contributed by atoms with Crippen molar-refractivity contribution in [1.29, 1.82) is 0 Å². The van der Waals surface area contributed by atoms with Gasteiger partial charge in [-0.25, -0.2) is 9.37 Å². The Balaban J connectivity index is 2.07. The van der Waals surface area contributed by atoms with Gasteiger partial charge in [0.15, 0.2) is 5.82 Å². The molecule has 0 spiro atoms. The molecule has 0 aliphatic rings. The zero-order valence-corrected chi connectivity index (χ0v) is 10.9. The molecule has 0 bridgehead atoms. The van der Waals surface area contributed by atoms with Crippen molar-refractivity contribution in [2.45, 2.75) is 19.8 Å². The predicted octanol–water partition coefficient (Wildman–Crippen LogP) is 3.95. The van der Waals surface area contributed by atoms with E-state index >= 15 is 0 Å². The molecule has 0 aliphatic carbocycles. The van der Waals surface area contributed by atoms with E-state index in [0.717, 1.165) is 20.8 Å². The van der Waals surface area contributed by atoms with Crippen molar-refractivity contribution in [1.82, 2.24) is 15.2 Å². The van der Waals surface area contributed by atoms with E-state index in [9.17, 15) is 4.39 Å². The Labute approximate surface area is 108 Å². The molecule has 0 aliphatic heterocycles. The molecular formula is C13H12FN3S. The summed E-state index contributed by atoms with van der Waals surface area (Å²) >= 11 is 1.50. The summed E-state index contributed by atoms with van der Waals surface area (Å²) in [6, 6.07) is 6.78. The Morgan fingerprint density at radius 3 is 2.83 bits per heavy atom. The summed E-state index contributed by atoms with van der Waals surface area (Å²) in [5.74, 6) is 1.65. The number of nitrogens with one attached hydrogen (secondary N) is 1. The second kappa shape index (κ2) is 4.17. The van der Waals surface area contributed by atoms with Gasteiger partial charge in [-0.3, -0.25) is 5.10 Å². The third kappa shape index (κ3) is 1.90. The average Bonchev–Trinajstić information content (AvgIpc) is 2.93. The molecule has 3 nitrogen and oxygen atoms in total. The van der Waals surface area contributed by atoms with Crippen LogP contribution in [0.3, 0.4) is 0 Å². The second-order valence-corrected chi connectivity index (χ2v) is 5.58. The summed E-state index contributed by atoms with van der Waals surface area (Å²) in [6.45, 7) is 4.12. The number of H-pyrrole nitrogens is 1. The molecule has 0 atom stereocenters. The van der Waals surface area contributed by atoms with Crippen LogP contribution in [0.15, 0.2) is 24.3 Å². The first-order valence-corrected chi connectivity index (χ1v) is 6.57.